The van der Waals surface area contributed by atoms with Gasteiger partial charge in [-0.1, -0.05) is 36.4 Å². The molecule has 1 N–H and O–H groups in total. The van der Waals surface area contributed by atoms with Gasteiger partial charge in [0.25, 0.3) is 5.91 Å². The Bertz CT molecular complexity index is 1110. The van der Waals surface area contributed by atoms with Gasteiger partial charge in [-0.15, -0.1) is 0 Å². The van der Waals surface area contributed by atoms with Gasteiger partial charge in [0, 0.05) is 43.9 Å². The summed E-state index contributed by atoms with van der Waals surface area (Å²) in [5.41, 5.74) is 6.06. The number of carbonyl (C=O) groups excluding carboxylic acids is 1. The van der Waals surface area contributed by atoms with Gasteiger partial charge in [0.05, 0.1) is 19.8 Å². The Kier molecular flexibility index (Phi) is 6.01. The number of aromatic nitrogens is 2. The lowest BCUT2D eigenvalue weighted by molar-refractivity contribution is 0.0919. The van der Waals surface area contributed by atoms with E-state index >= 15 is 0 Å². The first-order valence-electron chi connectivity index (χ1n) is 11.2. The Morgan fingerprint density at radius 2 is 1.91 bits per heavy atom. The fourth-order valence-electron chi connectivity index (χ4n) is 4.54. The monoisotopic (exact) mass is 434 g/mol. The van der Waals surface area contributed by atoms with Gasteiger partial charge in [0.1, 0.15) is 5.82 Å². The van der Waals surface area contributed by atoms with Crippen LogP contribution >= 0.6 is 0 Å². The topological polar surface area (TPSA) is 59.4 Å². The minimum atomic E-state index is -0.262. The van der Waals surface area contributed by atoms with Crippen molar-refractivity contribution in [2.75, 3.05) is 26.2 Å². The van der Waals surface area contributed by atoms with Crippen molar-refractivity contribution in [3.63, 3.8) is 0 Å². The number of amides is 1. The minimum absolute atomic E-state index is 0.165. The summed E-state index contributed by atoms with van der Waals surface area (Å²) >= 11 is 0. The molecule has 2 aliphatic rings. The maximum absolute atomic E-state index is 13.2. The van der Waals surface area contributed by atoms with Gasteiger partial charge in [0.2, 0.25) is 0 Å². The zero-order chi connectivity index (χ0) is 21.9. The van der Waals surface area contributed by atoms with Crippen LogP contribution in [0.5, 0.6) is 0 Å². The van der Waals surface area contributed by atoms with Crippen molar-refractivity contribution in [2.24, 2.45) is 0 Å². The van der Waals surface area contributed by atoms with Crippen LogP contribution in [0.4, 0.5) is 4.39 Å². The number of benzene rings is 2. The second kappa shape index (κ2) is 9.22. The number of nitrogens with zero attached hydrogens (tertiary/aromatic N) is 3. The summed E-state index contributed by atoms with van der Waals surface area (Å²) in [5, 5.41) is 7.67. The van der Waals surface area contributed by atoms with E-state index in [1.54, 1.807) is 12.1 Å². The van der Waals surface area contributed by atoms with Crippen molar-refractivity contribution in [1.82, 2.24) is 20.0 Å². The maximum Gasteiger partial charge on any atom is 0.272 e. The Hall–Kier alpha value is -3.03. The number of rotatable bonds is 6. The van der Waals surface area contributed by atoms with Crippen LogP contribution < -0.4 is 5.32 Å². The Balaban J connectivity index is 1.23. The molecule has 0 aliphatic carbocycles. The van der Waals surface area contributed by atoms with E-state index in [2.05, 4.69) is 39.6 Å². The predicted molar refractivity (Wildman–Crippen MR) is 119 cm³/mol. The van der Waals surface area contributed by atoms with Gasteiger partial charge in [-0.25, -0.2) is 4.39 Å². The van der Waals surface area contributed by atoms with E-state index in [4.69, 9.17) is 4.74 Å². The summed E-state index contributed by atoms with van der Waals surface area (Å²) in [5.74, 6) is -0.427. The van der Waals surface area contributed by atoms with Crippen LogP contribution in [0.3, 0.4) is 0 Å². The average Bonchev–Trinajstić information content (AvgIpc) is 3.19. The number of fused-ring (bicyclic) bond motifs is 2. The van der Waals surface area contributed by atoms with Gasteiger partial charge in [-0.05, 0) is 35.2 Å². The lowest BCUT2D eigenvalue weighted by atomic mass is 10.00. The van der Waals surface area contributed by atoms with E-state index in [1.807, 2.05) is 4.68 Å². The first-order chi connectivity index (χ1) is 15.7. The van der Waals surface area contributed by atoms with E-state index in [0.717, 1.165) is 42.9 Å². The molecule has 0 saturated heterocycles. The van der Waals surface area contributed by atoms with Gasteiger partial charge in [-0.2, -0.15) is 5.10 Å². The van der Waals surface area contributed by atoms with E-state index in [0.29, 0.717) is 38.4 Å². The molecule has 32 heavy (non-hydrogen) atoms. The van der Waals surface area contributed by atoms with Gasteiger partial charge >= 0.3 is 0 Å². The summed E-state index contributed by atoms with van der Waals surface area (Å²) in [6, 6.07) is 14.9. The Morgan fingerprint density at radius 1 is 1.09 bits per heavy atom. The third kappa shape index (κ3) is 4.45. The molecule has 1 amide bonds. The van der Waals surface area contributed by atoms with Crippen molar-refractivity contribution in [1.29, 1.82) is 0 Å². The molecular formula is C25H27FN4O2. The van der Waals surface area contributed by atoms with Crippen LogP contribution in [0.25, 0.3) is 0 Å². The van der Waals surface area contributed by atoms with Crippen molar-refractivity contribution < 1.29 is 13.9 Å². The fourth-order valence-corrected chi connectivity index (χ4v) is 4.54. The molecule has 166 valence electrons. The molecule has 6 nitrogen and oxygen atoms in total. The van der Waals surface area contributed by atoms with Crippen LogP contribution in [0.15, 0.2) is 48.5 Å². The normalized spacial score (nSPS) is 15.8. The fraction of sp³-hybridized carbons (Fsp3) is 0.360. The smallest absolute Gasteiger partial charge is 0.272 e. The van der Waals surface area contributed by atoms with Gasteiger partial charge < -0.3 is 10.1 Å². The standard InChI is InChI=1S/C25H27FN4O2/c26-21-7-5-18(6-8-21)15-30-23-10-14-32-17-22(23)24(28-30)25(31)27-11-13-29-12-9-19-3-1-2-4-20(19)16-29/h1-8H,9-17H2,(H,27,31). The molecule has 0 atom stereocenters. The molecule has 3 aromatic rings. The molecule has 0 unspecified atom stereocenters. The zero-order valence-corrected chi connectivity index (χ0v) is 18.0. The summed E-state index contributed by atoms with van der Waals surface area (Å²) in [4.78, 5) is 15.3. The van der Waals surface area contributed by atoms with Crippen LogP contribution in [-0.2, 0) is 37.3 Å². The molecule has 5 rings (SSSR count). The van der Waals surface area contributed by atoms with Crippen molar-refractivity contribution in [3.8, 4) is 0 Å². The molecule has 1 aromatic heterocycles. The number of carbonyl (C=O) groups is 1. The number of halogens is 1. The summed E-state index contributed by atoms with van der Waals surface area (Å²) in [7, 11) is 0. The van der Waals surface area contributed by atoms with Crippen LogP contribution in [-0.4, -0.2) is 46.8 Å². The van der Waals surface area contributed by atoms with Crippen LogP contribution in [0, 0.1) is 5.82 Å². The lowest BCUT2D eigenvalue weighted by Crippen LogP contribution is -2.38. The first kappa shape index (κ1) is 20.8. The van der Waals surface area contributed by atoms with Crippen LogP contribution in [0.2, 0.25) is 0 Å². The summed E-state index contributed by atoms with van der Waals surface area (Å²) in [6.07, 6.45) is 1.76. The number of hydrogen-bond acceptors (Lipinski definition) is 4. The van der Waals surface area contributed by atoms with E-state index in [9.17, 15) is 9.18 Å². The third-order valence-electron chi connectivity index (χ3n) is 6.28. The zero-order valence-electron chi connectivity index (χ0n) is 18.0. The molecule has 0 spiro atoms. The van der Waals surface area contributed by atoms with Gasteiger partial charge in [0.15, 0.2) is 5.69 Å². The van der Waals surface area contributed by atoms with E-state index in [-0.39, 0.29) is 11.7 Å². The highest BCUT2D eigenvalue weighted by Crippen LogP contribution is 2.22. The SMILES string of the molecule is O=C(NCCN1CCc2ccccc2C1)c1nn(Cc2ccc(F)cc2)c2c1COCC2. The van der Waals surface area contributed by atoms with E-state index < -0.39 is 0 Å². The molecule has 7 heteroatoms. The summed E-state index contributed by atoms with van der Waals surface area (Å²) in [6.45, 7) is 4.80. The first-order valence-corrected chi connectivity index (χ1v) is 11.2. The Labute approximate surface area is 187 Å². The molecule has 0 bridgehead atoms. The quantitative estimate of drug-likeness (QED) is 0.648. The predicted octanol–water partition coefficient (Wildman–Crippen LogP) is 2.93. The Morgan fingerprint density at radius 3 is 2.75 bits per heavy atom. The third-order valence-corrected chi connectivity index (χ3v) is 6.28. The molecule has 0 fully saturated rings. The molecule has 2 aliphatic heterocycles. The second-order valence-electron chi connectivity index (χ2n) is 8.41. The highest BCUT2D eigenvalue weighted by Gasteiger charge is 2.25. The van der Waals surface area contributed by atoms with E-state index in [1.165, 1.54) is 23.3 Å². The minimum Gasteiger partial charge on any atom is -0.376 e. The molecular weight excluding hydrogens is 407 g/mol. The van der Waals surface area contributed by atoms with Crippen molar-refractivity contribution >= 4 is 5.91 Å². The second-order valence-corrected chi connectivity index (χ2v) is 8.41. The molecule has 3 heterocycles. The van der Waals surface area contributed by atoms with Crippen LogP contribution in [0.1, 0.15) is 38.4 Å². The van der Waals surface area contributed by atoms with Gasteiger partial charge in [-0.3, -0.25) is 14.4 Å². The maximum atomic E-state index is 13.2. The highest BCUT2D eigenvalue weighted by atomic mass is 19.1. The van der Waals surface area contributed by atoms with Crippen molar-refractivity contribution in [2.45, 2.75) is 32.5 Å². The highest BCUT2D eigenvalue weighted by molar-refractivity contribution is 5.94. The molecule has 0 saturated carbocycles. The van der Waals surface area contributed by atoms with Crippen molar-refractivity contribution in [3.05, 3.63) is 88.0 Å². The number of hydrogen-bond donors (Lipinski definition) is 1. The number of nitrogens with one attached hydrogen (secondary N) is 1. The molecule has 2 aromatic carbocycles. The summed E-state index contributed by atoms with van der Waals surface area (Å²) < 4.78 is 20.7. The number of ether oxygens (including phenoxy) is 1. The molecule has 0 radical (unpaired) electrons. The lowest BCUT2D eigenvalue weighted by Gasteiger charge is -2.28. The average molecular weight is 435 g/mol. The largest absolute Gasteiger partial charge is 0.376 e.